The van der Waals surface area contributed by atoms with Crippen molar-refractivity contribution in [3.05, 3.63) is 30.1 Å². The van der Waals surface area contributed by atoms with Crippen molar-refractivity contribution in [2.75, 3.05) is 18.2 Å². The first-order valence-corrected chi connectivity index (χ1v) is 7.76. The molecule has 0 spiro atoms. The summed E-state index contributed by atoms with van der Waals surface area (Å²) in [5.74, 6) is 0.639. The van der Waals surface area contributed by atoms with Crippen LogP contribution in [0.25, 0.3) is 0 Å². The number of unbranched alkanes of at least 4 members (excludes halogenated alkanes) is 1. The molecule has 4 nitrogen and oxygen atoms in total. The zero-order chi connectivity index (χ0) is 12.6. The van der Waals surface area contributed by atoms with Gasteiger partial charge in [-0.2, -0.15) is 0 Å². The van der Waals surface area contributed by atoms with Gasteiger partial charge in [0.2, 0.25) is 10.0 Å². The van der Waals surface area contributed by atoms with Crippen molar-refractivity contribution in [1.29, 1.82) is 0 Å². The predicted octanol–water partition coefficient (Wildman–Crippen LogP) is 1.56. The van der Waals surface area contributed by atoms with Crippen LogP contribution in [0, 0.1) is 0 Å². The first kappa shape index (κ1) is 14.4. The number of pyridine rings is 1. The van der Waals surface area contributed by atoms with E-state index >= 15 is 0 Å². The highest BCUT2D eigenvalue weighted by molar-refractivity contribution is 7.89. The number of nitrogens with zero attached hydrogens (tertiary/aromatic N) is 1. The molecule has 0 fully saturated rings. The van der Waals surface area contributed by atoms with Crippen molar-refractivity contribution in [1.82, 2.24) is 9.71 Å². The Kier molecular flexibility index (Phi) is 6.47. The summed E-state index contributed by atoms with van der Waals surface area (Å²) in [7, 11) is -3.19. The maximum atomic E-state index is 11.6. The van der Waals surface area contributed by atoms with Gasteiger partial charge in [-0.15, -0.1) is 11.6 Å². The molecule has 1 aromatic heterocycles. The highest BCUT2D eigenvalue weighted by atomic mass is 35.5. The van der Waals surface area contributed by atoms with E-state index in [1.54, 1.807) is 6.20 Å². The minimum Gasteiger partial charge on any atom is -0.261 e. The molecule has 0 radical (unpaired) electrons. The topological polar surface area (TPSA) is 59.1 Å². The van der Waals surface area contributed by atoms with E-state index in [0.717, 1.165) is 18.5 Å². The van der Waals surface area contributed by atoms with E-state index in [-0.39, 0.29) is 5.75 Å². The monoisotopic (exact) mass is 276 g/mol. The number of hydrogen-bond acceptors (Lipinski definition) is 3. The Bertz CT molecular complexity index is 409. The minimum atomic E-state index is -3.19. The van der Waals surface area contributed by atoms with Gasteiger partial charge < -0.3 is 0 Å². The second kappa shape index (κ2) is 7.63. The largest absolute Gasteiger partial charge is 0.261 e. The number of nitrogens with one attached hydrogen (secondary N) is 1. The van der Waals surface area contributed by atoms with Gasteiger partial charge in [0.15, 0.2) is 0 Å². The van der Waals surface area contributed by atoms with Crippen molar-refractivity contribution in [2.24, 2.45) is 0 Å². The second-order valence-electron chi connectivity index (χ2n) is 3.68. The van der Waals surface area contributed by atoms with E-state index in [9.17, 15) is 8.42 Å². The molecular formula is C11H17ClN2O2S. The van der Waals surface area contributed by atoms with Crippen LogP contribution >= 0.6 is 11.6 Å². The molecule has 0 unspecified atom stereocenters. The van der Waals surface area contributed by atoms with E-state index in [0.29, 0.717) is 18.8 Å². The maximum Gasteiger partial charge on any atom is 0.211 e. The Morgan fingerprint density at radius 1 is 1.29 bits per heavy atom. The van der Waals surface area contributed by atoms with Gasteiger partial charge in [-0.1, -0.05) is 6.07 Å². The molecule has 0 aliphatic heterocycles. The summed E-state index contributed by atoms with van der Waals surface area (Å²) in [6, 6.07) is 5.48. The molecule has 1 aromatic rings. The lowest BCUT2D eigenvalue weighted by Gasteiger charge is -2.05. The molecule has 0 aliphatic rings. The number of aryl methyl sites for hydroxylation is 1. The summed E-state index contributed by atoms with van der Waals surface area (Å²) in [6.07, 6.45) is 3.69. The first-order chi connectivity index (χ1) is 8.14. The van der Waals surface area contributed by atoms with Crippen molar-refractivity contribution in [3.63, 3.8) is 0 Å². The highest BCUT2D eigenvalue weighted by Gasteiger charge is 2.09. The summed E-state index contributed by atoms with van der Waals surface area (Å²) in [6.45, 7) is 0.456. The smallest absolute Gasteiger partial charge is 0.211 e. The molecule has 1 rings (SSSR count). The quantitative estimate of drug-likeness (QED) is 0.579. The van der Waals surface area contributed by atoms with Crippen LogP contribution in [-0.4, -0.2) is 31.6 Å². The zero-order valence-corrected chi connectivity index (χ0v) is 11.2. The lowest BCUT2D eigenvalue weighted by atomic mass is 10.3. The molecule has 1 heterocycles. The lowest BCUT2D eigenvalue weighted by Crippen LogP contribution is -2.28. The molecule has 6 heteroatoms. The SMILES string of the molecule is O=S(=O)(CCc1ccccn1)NCCCCCl. The third-order valence-electron chi connectivity index (χ3n) is 2.24. The lowest BCUT2D eigenvalue weighted by molar-refractivity contribution is 0.577. The predicted molar refractivity (Wildman–Crippen MR) is 69.7 cm³/mol. The van der Waals surface area contributed by atoms with Crippen LogP contribution in [0.15, 0.2) is 24.4 Å². The maximum absolute atomic E-state index is 11.6. The van der Waals surface area contributed by atoms with Crippen LogP contribution in [0.3, 0.4) is 0 Å². The van der Waals surface area contributed by atoms with Crippen LogP contribution in [-0.2, 0) is 16.4 Å². The van der Waals surface area contributed by atoms with E-state index in [1.807, 2.05) is 18.2 Å². The van der Waals surface area contributed by atoms with E-state index in [2.05, 4.69) is 9.71 Å². The molecule has 0 aliphatic carbocycles. The van der Waals surface area contributed by atoms with Crippen molar-refractivity contribution < 1.29 is 8.42 Å². The van der Waals surface area contributed by atoms with Gasteiger partial charge in [0.05, 0.1) is 5.75 Å². The second-order valence-corrected chi connectivity index (χ2v) is 5.98. The molecule has 0 saturated carbocycles. The Morgan fingerprint density at radius 3 is 2.76 bits per heavy atom. The van der Waals surface area contributed by atoms with Gasteiger partial charge in [-0.3, -0.25) is 4.98 Å². The molecule has 17 heavy (non-hydrogen) atoms. The zero-order valence-electron chi connectivity index (χ0n) is 9.60. The van der Waals surface area contributed by atoms with Gasteiger partial charge in [-0.05, 0) is 25.0 Å². The van der Waals surface area contributed by atoms with Crippen LogP contribution in [0.1, 0.15) is 18.5 Å². The first-order valence-electron chi connectivity index (χ1n) is 5.57. The van der Waals surface area contributed by atoms with Gasteiger partial charge >= 0.3 is 0 Å². The Balaban J connectivity index is 2.30. The summed E-state index contributed by atoms with van der Waals surface area (Å²) in [5.41, 5.74) is 0.790. The third kappa shape index (κ3) is 6.61. The fourth-order valence-electron chi connectivity index (χ4n) is 1.30. The summed E-state index contributed by atoms with van der Waals surface area (Å²) >= 11 is 5.51. The summed E-state index contributed by atoms with van der Waals surface area (Å²) < 4.78 is 25.7. The molecule has 0 aromatic carbocycles. The fourth-order valence-corrected chi connectivity index (χ4v) is 2.57. The normalized spacial score (nSPS) is 11.6. The van der Waals surface area contributed by atoms with Gasteiger partial charge in [0.25, 0.3) is 0 Å². The van der Waals surface area contributed by atoms with Crippen LogP contribution in [0.4, 0.5) is 0 Å². The number of rotatable bonds is 8. The van der Waals surface area contributed by atoms with Crippen LogP contribution < -0.4 is 4.72 Å². The number of sulfonamides is 1. The van der Waals surface area contributed by atoms with Crippen LogP contribution in [0.5, 0.6) is 0 Å². The molecule has 0 amide bonds. The standard InChI is InChI=1S/C11H17ClN2O2S/c12-7-2-4-9-14-17(15,16)10-6-11-5-1-3-8-13-11/h1,3,5,8,14H,2,4,6-7,9-10H2. The molecule has 0 atom stereocenters. The molecule has 96 valence electrons. The average molecular weight is 277 g/mol. The fraction of sp³-hybridized carbons (Fsp3) is 0.545. The van der Waals surface area contributed by atoms with Crippen molar-refractivity contribution in [3.8, 4) is 0 Å². The van der Waals surface area contributed by atoms with Gasteiger partial charge in [0, 0.05) is 30.7 Å². The number of halogens is 1. The highest BCUT2D eigenvalue weighted by Crippen LogP contribution is 1.98. The van der Waals surface area contributed by atoms with Crippen LogP contribution in [0.2, 0.25) is 0 Å². The van der Waals surface area contributed by atoms with Crippen molar-refractivity contribution in [2.45, 2.75) is 19.3 Å². The summed E-state index contributed by atoms with van der Waals surface area (Å²) in [5, 5.41) is 0. The third-order valence-corrected chi connectivity index (χ3v) is 3.89. The van der Waals surface area contributed by atoms with Gasteiger partial charge in [0.1, 0.15) is 0 Å². The number of hydrogen-bond donors (Lipinski definition) is 1. The molecule has 1 N–H and O–H groups in total. The Hall–Kier alpha value is -0.650. The molecule has 0 bridgehead atoms. The summed E-state index contributed by atoms with van der Waals surface area (Å²) in [4.78, 5) is 4.08. The van der Waals surface area contributed by atoms with Crippen molar-refractivity contribution >= 4 is 21.6 Å². The van der Waals surface area contributed by atoms with E-state index in [4.69, 9.17) is 11.6 Å². The van der Waals surface area contributed by atoms with Gasteiger partial charge in [-0.25, -0.2) is 13.1 Å². The Labute approximate surface area is 107 Å². The Morgan fingerprint density at radius 2 is 2.12 bits per heavy atom. The van der Waals surface area contributed by atoms with E-state index < -0.39 is 10.0 Å². The number of alkyl halides is 1. The minimum absolute atomic E-state index is 0.0743. The average Bonchev–Trinajstić information content (AvgIpc) is 2.34. The number of aromatic nitrogens is 1. The molecular weight excluding hydrogens is 260 g/mol. The van der Waals surface area contributed by atoms with E-state index in [1.165, 1.54) is 0 Å². The molecule has 0 saturated heterocycles.